The van der Waals surface area contributed by atoms with E-state index in [-0.39, 0.29) is 12.5 Å². The number of fused-ring (bicyclic) bond motifs is 1. The van der Waals surface area contributed by atoms with E-state index < -0.39 is 5.97 Å². The first-order valence-electron chi connectivity index (χ1n) is 10.2. The van der Waals surface area contributed by atoms with Gasteiger partial charge in [0, 0.05) is 18.2 Å². The predicted molar refractivity (Wildman–Crippen MR) is 116 cm³/mol. The van der Waals surface area contributed by atoms with E-state index in [0.717, 1.165) is 29.7 Å². The van der Waals surface area contributed by atoms with Crippen molar-refractivity contribution in [2.75, 3.05) is 25.1 Å². The molecule has 0 aromatic heterocycles. The molecule has 0 radical (unpaired) electrons. The largest absolute Gasteiger partial charge is 0.490 e. The summed E-state index contributed by atoms with van der Waals surface area (Å²) in [4.78, 5) is 24.2. The van der Waals surface area contributed by atoms with Gasteiger partial charge >= 0.3 is 5.97 Å². The lowest BCUT2D eigenvalue weighted by Gasteiger charge is -2.15. The summed E-state index contributed by atoms with van der Waals surface area (Å²) < 4.78 is 16.3. The van der Waals surface area contributed by atoms with E-state index in [1.54, 1.807) is 6.08 Å². The summed E-state index contributed by atoms with van der Waals surface area (Å²) in [5.41, 5.74) is 2.59. The van der Waals surface area contributed by atoms with E-state index in [0.29, 0.717) is 30.6 Å². The second-order valence-electron chi connectivity index (χ2n) is 7.14. The fourth-order valence-electron chi connectivity index (χ4n) is 3.08. The topological polar surface area (TPSA) is 73.9 Å². The van der Waals surface area contributed by atoms with Crippen LogP contribution in [-0.4, -0.2) is 31.7 Å². The molecule has 0 saturated heterocycles. The van der Waals surface area contributed by atoms with Gasteiger partial charge in [-0.2, -0.15) is 0 Å². The Bertz CT molecular complexity index is 922. The van der Waals surface area contributed by atoms with Gasteiger partial charge in [-0.25, -0.2) is 4.79 Å². The van der Waals surface area contributed by atoms with Gasteiger partial charge in [0.2, 0.25) is 0 Å². The Balaban J connectivity index is 1.52. The molecule has 3 rings (SSSR count). The number of carbonyl (C=O) groups is 2. The molecule has 0 spiro atoms. The first kappa shape index (κ1) is 21.4. The minimum atomic E-state index is -0.590. The molecule has 0 bridgehead atoms. The maximum Gasteiger partial charge on any atom is 0.331 e. The molecule has 0 aliphatic carbocycles. The molecule has 1 atom stereocenters. The normalized spacial score (nSPS) is 14.1. The van der Waals surface area contributed by atoms with Crippen molar-refractivity contribution < 1.29 is 23.8 Å². The Hall–Kier alpha value is -3.28. The standard InChI is InChI=1S/C24H27NO5/c1-3-17(2)19-7-4-5-8-20(19)25-23(26)16-30-24(27)12-10-18-9-11-21-22(15-18)29-14-6-13-28-21/h4-5,7-12,15,17H,3,6,13-14,16H2,1-2H3,(H,25,26)/b12-10+/t17-/m0/s1. The van der Waals surface area contributed by atoms with E-state index >= 15 is 0 Å². The van der Waals surface area contributed by atoms with Crippen LogP contribution in [0.15, 0.2) is 48.5 Å². The second kappa shape index (κ2) is 10.5. The van der Waals surface area contributed by atoms with Crippen molar-refractivity contribution in [1.29, 1.82) is 0 Å². The third-order valence-electron chi connectivity index (χ3n) is 4.91. The summed E-state index contributed by atoms with van der Waals surface area (Å²) in [7, 11) is 0. The second-order valence-corrected chi connectivity index (χ2v) is 7.14. The van der Waals surface area contributed by atoms with Crippen molar-refractivity contribution in [2.24, 2.45) is 0 Å². The maximum atomic E-state index is 12.2. The van der Waals surface area contributed by atoms with Crippen LogP contribution in [0.3, 0.4) is 0 Å². The van der Waals surface area contributed by atoms with Gasteiger partial charge in [0.15, 0.2) is 18.1 Å². The van der Waals surface area contributed by atoms with Gasteiger partial charge in [-0.3, -0.25) is 4.79 Å². The number of carbonyl (C=O) groups excluding carboxylic acids is 2. The smallest absolute Gasteiger partial charge is 0.331 e. The van der Waals surface area contributed by atoms with Crippen molar-refractivity contribution >= 4 is 23.6 Å². The van der Waals surface area contributed by atoms with Crippen LogP contribution >= 0.6 is 0 Å². The third-order valence-corrected chi connectivity index (χ3v) is 4.91. The van der Waals surface area contributed by atoms with Crippen LogP contribution in [0.5, 0.6) is 11.5 Å². The fourth-order valence-corrected chi connectivity index (χ4v) is 3.08. The molecule has 158 valence electrons. The molecule has 1 aliphatic heterocycles. The first-order chi connectivity index (χ1) is 14.6. The Kier molecular flexibility index (Phi) is 7.49. The minimum absolute atomic E-state index is 0.322. The summed E-state index contributed by atoms with van der Waals surface area (Å²) in [5.74, 6) is 0.710. The van der Waals surface area contributed by atoms with E-state index in [2.05, 4.69) is 19.2 Å². The third kappa shape index (κ3) is 5.86. The molecule has 6 nitrogen and oxygen atoms in total. The Morgan fingerprint density at radius 1 is 1.13 bits per heavy atom. The van der Waals surface area contributed by atoms with E-state index in [1.807, 2.05) is 42.5 Å². The van der Waals surface area contributed by atoms with E-state index in [4.69, 9.17) is 14.2 Å². The van der Waals surface area contributed by atoms with Crippen molar-refractivity contribution in [3.63, 3.8) is 0 Å². The molecule has 0 unspecified atom stereocenters. The van der Waals surface area contributed by atoms with Gasteiger partial charge in [-0.1, -0.05) is 38.1 Å². The quantitative estimate of drug-likeness (QED) is 0.536. The SMILES string of the molecule is CC[C@H](C)c1ccccc1NC(=O)COC(=O)/C=C/c1ccc2c(c1)OCCCO2. The molecule has 30 heavy (non-hydrogen) atoms. The summed E-state index contributed by atoms with van der Waals surface area (Å²) in [6, 6.07) is 13.1. The molecular formula is C24H27NO5. The molecule has 6 heteroatoms. The predicted octanol–water partition coefficient (Wildman–Crippen LogP) is 4.56. The minimum Gasteiger partial charge on any atom is -0.490 e. The van der Waals surface area contributed by atoms with Crippen LogP contribution < -0.4 is 14.8 Å². The number of hydrogen-bond donors (Lipinski definition) is 1. The zero-order valence-electron chi connectivity index (χ0n) is 17.4. The number of para-hydroxylation sites is 1. The number of ether oxygens (including phenoxy) is 3. The van der Waals surface area contributed by atoms with Gasteiger partial charge in [0.05, 0.1) is 13.2 Å². The number of amides is 1. The zero-order chi connectivity index (χ0) is 21.3. The number of hydrogen-bond acceptors (Lipinski definition) is 5. The van der Waals surface area contributed by atoms with Crippen molar-refractivity contribution in [3.8, 4) is 11.5 Å². The Morgan fingerprint density at radius 2 is 1.90 bits per heavy atom. The molecule has 1 heterocycles. The number of anilines is 1. The molecule has 0 fully saturated rings. The number of nitrogens with one attached hydrogen (secondary N) is 1. The molecule has 1 N–H and O–H groups in total. The maximum absolute atomic E-state index is 12.2. The van der Waals surface area contributed by atoms with Crippen LogP contribution in [0.4, 0.5) is 5.69 Å². The van der Waals surface area contributed by atoms with Crippen LogP contribution in [-0.2, 0) is 14.3 Å². The van der Waals surface area contributed by atoms with Crippen LogP contribution in [0.2, 0.25) is 0 Å². The van der Waals surface area contributed by atoms with Gasteiger partial charge in [-0.05, 0) is 47.7 Å². The molecule has 2 aromatic rings. The first-order valence-corrected chi connectivity index (χ1v) is 10.2. The fraction of sp³-hybridized carbons (Fsp3) is 0.333. The number of rotatable bonds is 7. The monoisotopic (exact) mass is 409 g/mol. The van der Waals surface area contributed by atoms with Crippen LogP contribution in [0, 0.1) is 0 Å². The number of esters is 1. The number of benzene rings is 2. The summed E-state index contributed by atoms with van der Waals surface area (Å²) in [6.07, 6.45) is 4.70. The lowest BCUT2D eigenvalue weighted by atomic mass is 9.97. The van der Waals surface area contributed by atoms with Gasteiger partial charge in [0.25, 0.3) is 5.91 Å². The van der Waals surface area contributed by atoms with Crippen molar-refractivity contribution in [3.05, 3.63) is 59.7 Å². The van der Waals surface area contributed by atoms with Crippen molar-refractivity contribution in [1.82, 2.24) is 0 Å². The van der Waals surface area contributed by atoms with Gasteiger partial charge in [-0.15, -0.1) is 0 Å². The highest BCUT2D eigenvalue weighted by Crippen LogP contribution is 2.30. The summed E-state index contributed by atoms with van der Waals surface area (Å²) in [5, 5.41) is 2.82. The highest BCUT2D eigenvalue weighted by Gasteiger charge is 2.13. The average Bonchev–Trinajstić information content (AvgIpc) is 3.01. The molecular weight excluding hydrogens is 382 g/mol. The van der Waals surface area contributed by atoms with Gasteiger partial charge < -0.3 is 19.5 Å². The lowest BCUT2D eigenvalue weighted by Crippen LogP contribution is -2.21. The zero-order valence-corrected chi connectivity index (χ0v) is 17.4. The molecule has 0 saturated carbocycles. The Labute approximate surface area is 176 Å². The highest BCUT2D eigenvalue weighted by atomic mass is 16.5. The van der Waals surface area contributed by atoms with E-state index in [9.17, 15) is 9.59 Å². The van der Waals surface area contributed by atoms with E-state index in [1.165, 1.54) is 6.08 Å². The Morgan fingerprint density at radius 3 is 2.70 bits per heavy atom. The molecule has 2 aromatic carbocycles. The molecule has 1 amide bonds. The highest BCUT2D eigenvalue weighted by molar-refractivity contribution is 5.95. The van der Waals surface area contributed by atoms with Crippen LogP contribution in [0.25, 0.3) is 6.08 Å². The average molecular weight is 409 g/mol. The molecule has 1 aliphatic rings. The van der Waals surface area contributed by atoms with Crippen LogP contribution in [0.1, 0.15) is 43.7 Å². The lowest BCUT2D eigenvalue weighted by molar-refractivity contribution is -0.142. The van der Waals surface area contributed by atoms with Crippen molar-refractivity contribution in [2.45, 2.75) is 32.6 Å². The van der Waals surface area contributed by atoms with Gasteiger partial charge in [0.1, 0.15) is 0 Å². The summed E-state index contributed by atoms with van der Waals surface area (Å²) in [6.45, 7) is 5.07. The summed E-state index contributed by atoms with van der Waals surface area (Å²) >= 11 is 0.